The van der Waals surface area contributed by atoms with Gasteiger partial charge in [-0.3, -0.25) is 4.90 Å². The van der Waals surface area contributed by atoms with Crippen LogP contribution in [-0.2, 0) is 14.6 Å². The van der Waals surface area contributed by atoms with Crippen LogP contribution in [0.1, 0.15) is 69.4 Å². The van der Waals surface area contributed by atoms with Crippen LogP contribution in [0, 0.1) is 5.41 Å². The highest BCUT2D eigenvalue weighted by Crippen LogP contribution is 2.50. The minimum atomic E-state index is -3.68. The summed E-state index contributed by atoms with van der Waals surface area (Å²) in [5, 5.41) is 12.2. The van der Waals surface area contributed by atoms with Crippen molar-refractivity contribution in [2.45, 2.75) is 69.3 Å². The summed E-state index contributed by atoms with van der Waals surface area (Å²) in [6.07, 6.45) is 4.11. The van der Waals surface area contributed by atoms with E-state index in [1.807, 2.05) is 30.3 Å². The van der Waals surface area contributed by atoms with E-state index in [2.05, 4.69) is 32.8 Å². The number of rotatable bonds is 15. The van der Waals surface area contributed by atoms with Gasteiger partial charge in [0, 0.05) is 31.0 Å². The molecule has 0 spiro atoms. The number of quaternary nitrogens is 1. The summed E-state index contributed by atoms with van der Waals surface area (Å²) in [6.45, 7) is 11.4. The van der Waals surface area contributed by atoms with Crippen molar-refractivity contribution in [1.82, 2.24) is 4.90 Å². The first-order valence-electron chi connectivity index (χ1n) is 16.5. The van der Waals surface area contributed by atoms with Crippen molar-refractivity contribution in [3.8, 4) is 11.5 Å². The van der Waals surface area contributed by atoms with Crippen molar-refractivity contribution in [1.29, 1.82) is 0 Å². The number of piperazine rings is 1. The Morgan fingerprint density at radius 2 is 1.57 bits per heavy atom. The van der Waals surface area contributed by atoms with Gasteiger partial charge in [0.25, 0.3) is 0 Å². The second-order valence-corrected chi connectivity index (χ2v) is 15.4. The lowest BCUT2D eigenvalue weighted by Gasteiger charge is -2.40. The number of unbranched alkanes of at least 4 members (excludes halogenated alkanes) is 2. The number of aliphatic hydroxyl groups is 1. The molecule has 0 aliphatic carbocycles. The van der Waals surface area contributed by atoms with E-state index in [9.17, 15) is 13.5 Å². The molecule has 8 nitrogen and oxygen atoms in total. The molecule has 9 heteroatoms. The normalized spacial score (nSPS) is 22.6. The highest BCUT2D eigenvalue weighted by atomic mass is 32.2. The van der Waals surface area contributed by atoms with Crippen molar-refractivity contribution in [3.63, 3.8) is 0 Å². The maximum Gasteiger partial charge on any atom is 0.179 e. The quantitative estimate of drug-likeness (QED) is 0.216. The fraction of sp³-hybridized carbons (Fsp3) is 0.657. The predicted molar refractivity (Wildman–Crippen MR) is 175 cm³/mol. The molecule has 2 aliphatic heterocycles. The van der Waals surface area contributed by atoms with E-state index < -0.39 is 27.3 Å². The monoisotopic (exact) mass is 631 g/mol. The summed E-state index contributed by atoms with van der Waals surface area (Å²) in [5.74, 6) is 0.676. The Morgan fingerprint density at radius 3 is 2.18 bits per heavy atom. The number of methoxy groups -OCH3 is 1. The van der Waals surface area contributed by atoms with Crippen molar-refractivity contribution in [3.05, 3.63) is 53.6 Å². The van der Waals surface area contributed by atoms with Crippen LogP contribution < -0.4 is 9.47 Å². The molecule has 2 aromatic rings. The van der Waals surface area contributed by atoms with Crippen LogP contribution in [0.25, 0.3) is 0 Å². The Kier molecular flexibility index (Phi) is 12.2. The van der Waals surface area contributed by atoms with Gasteiger partial charge in [-0.15, -0.1) is 0 Å². The van der Waals surface area contributed by atoms with Crippen molar-refractivity contribution < 1.29 is 32.2 Å². The molecular weight excluding hydrogens is 576 g/mol. The van der Waals surface area contributed by atoms with Gasteiger partial charge in [-0.05, 0) is 48.2 Å². The predicted octanol–water partition coefficient (Wildman–Crippen LogP) is 5.13. The maximum absolute atomic E-state index is 14.0. The van der Waals surface area contributed by atoms with Gasteiger partial charge in [-0.25, -0.2) is 8.42 Å². The Balaban J connectivity index is 1.48. The summed E-state index contributed by atoms with van der Waals surface area (Å²) >= 11 is 0. The zero-order valence-electron chi connectivity index (χ0n) is 27.6. The summed E-state index contributed by atoms with van der Waals surface area (Å²) in [4.78, 5) is 2.73. The number of nitrogens with zero attached hydrogens (tertiary/aromatic N) is 2. The number of ether oxygens (including phenoxy) is 3. The molecule has 0 amide bonds. The number of benzene rings is 2. The largest absolute Gasteiger partial charge is 0.497 e. The van der Waals surface area contributed by atoms with Gasteiger partial charge < -0.3 is 23.8 Å². The molecule has 4 rings (SSSR count). The van der Waals surface area contributed by atoms with E-state index in [0.717, 1.165) is 61.1 Å². The zero-order valence-corrected chi connectivity index (χ0v) is 28.4. The lowest BCUT2D eigenvalue weighted by Crippen LogP contribution is -2.55. The van der Waals surface area contributed by atoms with Crippen LogP contribution in [0.5, 0.6) is 11.5 Å². The van der Waals surface area contributed by atoms with Crippen LogP contribution >= 0.6 is 0 Å². The molecule has 44 heavy (non-hydrogen) atoms. The fourth-order valence-corrected chi connectivity index (χ4v) is 9.00. The Labute approximate surface area is 265 Å². The van der Waals surface area contributed by atoms with E-state index in [1.165, 1.54) is 13.1 Å². The highest BCUT2D eigenvalue weighted by molar-refractivity contribution is 7.91. The van der Waals surface area contributed by atoms with E-state index in [-0.39, 0.29) is 10.6 Å². The number of likely N-dealkylation sites (N-methyl/N-ethyl adjacent to an activating group) is 1. The molecule has 1 saturated heterocycles. The highest BCUT2D eigenvalue weighted by Gasteiger charge is 2.49. The molecule has 2 aromatic carbocycles. The van der Waals surface area contributed by atoms with Crippen LogP contribution in [0.2, 0.25) is 0 Å². The third kappa shape index (κ3) is 8.55. The van der Waals surface area contributed by atoms with Crippen molar-refractivity contribution in [2.24, 2.45) is 5.41 Å². The molecule has 0 unspecified atom stereocenters. The molecule has 1 fully saturated rings. The zero-order chi connectivity index (χ0) is 31.8. The minimum Gasteiger partial charge on any atom is -0.497 e. The molecule has 1 N–H and O–H groups in total. The Bertz CT molecular complexity index is 1280. The van der Waals surface area contributed by atoms with Crippen molar-refractivity contribution in [2.75, 3.05) is 79.5 Å². The topological polar surface area (TPSA) is 85.3 Å². The molecule has 2 atom stereocenters. The average Bonchev–Trinajstić information content (AvgIpc) is 3.08. The molecule has 2 heterocycles. The second-order valence-electron chi connectivity index (χ2n) is 13.4. The Hall–Kier alpha value is -2.17. The van der Waals surface area contributed by atoms with Gasteiger partial charge in [0.15, 0.2) is 9.84 Å². The summed E-state index contributed by atoms with van der Waals surface area (Å²) in [5.41, 5.74) is 0.773. The lowest BCUT2D eigenvalue weighted by atomic mass is 9.68. The second kappa shape index (κ2) is 15.4. The Morgan fingerprint density at radius 1 is 0.932 bits per heavy atom. The smallest absolute Gasteiger partial charge is 0.179 e. The van der Waals surface area contributed by atoms with E-state index in [1.54, 1.807) is 19.2 Å². The van der Waals surface area contributed by atoms with Gasteiger partial charge in [0.05, 0.1) is 64.3 Å². The molecule has 0 bridgehead atoms. The van der Waals surface area contributed by atoms with Gasteiger partial charge >= 0.3 is 0 Å². The molecule has 246 valence electrons. The van der Waals surface area contributed by atoms with E-state index >= 15 is 0 Å². The summed E-state index contributed by atoms with van der Waals surface area (Å²) in [6, 6.07) is 13.0. The average molecular weight is 632 g/mol. The first-order chi connectivity index (χ1) is 21.0. The molecule has 0 saturated carbocycles. The molecule has 0 radical (unpaired) electrons. The third-order valence-electron chi connectivity index (χ3n) is 9.70. The number of hydrogen-bond acceptors (Lipinski definition) is 7. The maximum atomic E-state index is 14.0. The third-order valence-corrected chi connectivity index (χ3v) is 11.7. The molecule has 0 aromatic heterocycles. The van der Waals surface area contributed by atoms with Gasteiger partial charge in [0.1, 0.15) is 18.1 Å². The van der Waals surface area contributed by atoms with E-state index in [0.29, 0.717) is 44.0 Å². The summed E-state index contributed by atoms with van der Waals surface area (Å²) in [7, 11) is 2.43. The number of hydrogen-bond donors (Lipinski definition) is 1. The van der Waals surface area contributed by atoms with Gasteiger partial charge in [-0.2, -0.15) is 0 Å². The van der Waals surface area contributed by atoms with Crippen LogP contribution in [-0.4, -0.2) is 109 Å². The number of aliphatic hydroxyl groups excluding tert-OH is 1. The first kappa shape index (κ1) is 34.7. The molecule has 2 aliphatic rings. The van der Waals surface area contributed by atoms with Crippen LogP contribution in [0.3, 0.4) is 0 Å². The van der Waals surface area contributed by atoms with Crippen LogP contribution in [0.4, 0.5) is 0 Å². The SMILES string of the molecule is CCCCC1(CCCC)CS(=O)(=O)c2cc(OC)ccc2[C@@H](c2ccc(OCCOCCN3CC[N+](C)(C)CC3)cc2)[C@H]1O. The van der Waals surface area contributed by atoms with Crippen LogP contribution in [0.15, 0.2) is 47.4 Å². The van der Waals surface area contributed by atoms with Gasteiger partial charge in [-0.1, -0.05) is 57.7 Å². The lowest BCUT2D eigenvalue weighted by molar-refractivity contribution is -0.894. The minimum absolute atomic E-state index is 0.0615. The number of fused-ring (bicyclic) bond motifs is 1. The first-order valence-corrected chi connectivity index (χ1v) is 18.1. The molecular formula is C35H55N2O6S+. The standard InChI is InChI=1S/C35H55N2O6S/c1-6-8-16-35(17-9-7-2)27-44(39,40)32-26-30(41-5)14-15-31(32)33(34(35)38)28-10-12-29(13-11-28)43-25-24-42-23-20-36-18-21-37(3,4)22-19-36/h10-15,26,33-34,38H,6-9,16-25,27H2,1-5H3/q+1/t33-,34-/m1/s1. The fourth-order valence-electron chi connectivity index (χ4n) is 6.77. The summed E-state index contributed by atoms with van der Waals surface area (Å²) < 4.78 is 46.3. The van der Waals surface area contributed by atoms with Gasteiger partial charge in [0.2, 0.25) is 0 Å². The van der Waals surface area contributed by atoms with Crippen molar-refractivity contribution >= 4 is 9.84 Å². The number of sulfone groups is 1. The van der Waals surface area contributed by atoms with E-state index in [4.69, 9.17) is 14.2 Å².